The third-order valence-corrected chi connectivity index (χ3v) is 4.88. The molecule has 0 fully saturated rings. The van der Waals surface area contributed by atoms with E-state index in [0.717, 1.165) is 11.3 Å². The van der Waals surface area contributed by atoms with Crippen LogP contribution < -0.4 is 15.4 Å². The Balaban J connectivity index is 1.94. The van der Waals surface area contributed by atoms with Gasteiger partial charge in [-0.2, -0.15) is 0 Å². The molecule has 2 heterocycles. The highest BCUT2D eigenvalue weighted by Crippen LogP contribution is 2.32. The molecule has 0 aliphatic carbocycles. The number of fused-ring (bicyclic) bond motifs is 1. The Kier molecular flexibility index (Phi) is 4.47. The molecule has 1 N–H and O–H groups in total. The fourth-order valence-corrected chi connectivity index (χ4v) is 3.31. The number of carbonyl (C=O) groups excluding carboxylic acids is 1. The molecule has 7 nitrogen and oxygen atoms in total. The number of amides is 2. The molecule has 0 atom stereocenters. The summed E-state index contributed by atoms with van der Waals surface area (Å²) in [5, 5.41) is 9.44. The molecule has 2 aromatic heterocycles. The second kappa shape index (κ2) is 6.60. The second-order valence-electron chi connectivity index (χ2n) is 5.45. The maximum atomic E-state index is 13.4. The summed E-state index contributed by atoms with van der Waals surface area (Å²) in [5.74, 6) is -1.85. The molecule has 1 aromatic carbocycles. The normalized spacial score (nSPS) is 10.7. The number of hydrogen-bond donors (Lipinski definition) is 1. The molecule has 0 aliphatic rings. The lowest BCUT2D eigenvalue weighted by Crippen LogP contribution is -2.38. The van der Waals surface area contributed by atoms with E-state index >= 15 is 0 Å². The van der Waals surface area contributed by atoms with Gasteiger partial charge in [0.1, 0.15) is 16.4 Å². The zero-order chi connectivity index (χ0) is 19.0. The summed E-state index contributed by atoms with van der Waals surface area (Å²) < 4.78 is 18.8. The SMILES string of the molecule is CN(C(=O)N(C)c1cc2oc(=O)c(C(=O)O)cc2s1)c1cccc(F)c1. The monoisotopic (exact) mass is 376 g/mol. The number of rotatable bonds is 3. The van der Waals surface area contributed by atoms with Gasteiger partial charge in [0.15, 0.2) is 5.58 Å². The number of aromatic carboxylic acids is 1. The number of carbonyl (C=O) groups is 2. The highest BCUT2D eigenvalue weighted by Gasteiger charge is 2.21. The Morgan fingerprint density at radius 2 is 1.88 bits per heavy atom. The van der Waals surface area contributed by atoms with Crippen molar-refractivity contribution in [3.8, 4) is 0 Å². The van der Waals surface area contributed by atoms with E-state index in [4.69, 9.17) is 9.52 Å². The number of hydrogen-bond acceptors (Lipinski definition) is 5. The molecule has 9 heteroatoms. The Bertz CT molecular complexity index is 1070. The van der Waals surface area contributed by atoms with Gasteiger partial charge < -0.3 is 9.52 Å². The van der Waals surface area contributed by atoms with Gasteiger partial charge in [0.2, 0.25) is 0 Å². The summed E-state index contributed by atoms with van der Waals surface area (Å²) in [7, 11) is 3.02. The average molecular weight is 376 g/mol. The number of urea groups is 1. The number of halogens is 1. The van der Waals surface area contributed by atoms with Crippen molar-refractivity contribution in [2.75, 3.05) is 23.9 Å². The van der Waals surface area contributed by atoms with Crippen molar-refractivity contribution in [3.63, 3.8) is 0 Å². The molecule has 0 radical (unpaired) electrons. The van der Waals surface area contributed by atoms with Crippen LogP contribution in [0.15, 0.2) is 45.6 Å². The summed E-state index contributed by atoms with van der Waals surface area (Å²) in [5.41, 5.74) is -0.868. The smallest absolute Gasteiger partial charge is 0.351 e. The highest BCUT2D eigenvalue weighted by molar-refractivity contribution is 7.22. The van der Waals surface area contributed by atoms with Crippen LogP contribution in [0, 0.1) is 5.82 Å². The molecule has 0 aliphatic heterocycles. The lowest BCUT2D eigenvalue weighted by molar-refractivity contribution is 0.0692. The molecule has 0 saturated carbocycles. The number of carboxylic acid groups (broad SMARTS) is 1. The number of nitrogens with zero attached hydrogens (tertiary/aromatic N) is 2. The van der Waals surface area contributed by atoms with E-state index in [1.807, 2.05) is 0 Å². The number of carboxylic acids is 1. The topological polar surface area (TPSA) is 91.1 Å². The van der Waals surface area contributed by atoms with Crippen molar-refractivity contribution in [2.45, 2.75) is 0 Å². The van der Waals surface area contributed by atoms with E-state index in [2.05, 4.69) is 0 Å². The van der Waals surface area contributed by atoms with Crippen LogP contribution >= 0.6 is 11.3 Å². The quantitative estimate of drug-likeness (QED) is 0.757. The van der Waals surface area contributed by atoms with E-state index in [9.17, 15) is 18.8 Å². The summed E-state index contributed by atoms with van der Waals surface area (Å²) in [6.45, 7) is 0. The van der Waals surface area contributed by atoms with Crippen LogP contribution in [0.1, 0.15) is 10.4 Å². The summed E-state index contributed by atoms with van der Waals surface area (Å²) >= 11 is 1.10. The Morgan fingerprint density at radius 3 is 2.54 bits per heavy atom. The van der Waals surface area contributed by atoms with Crippen molar-refractivity contribution in [1.29, 1.82) is 0 Å². The number of anilines is 2. The summed E-state index contributed by atoms with van der Waals surface area (Å²) in [6, 6.07) is 7.85. The lowest BCUT2D eigenvalue weighted by Gasteiger charge is -2.23. The Hall–Kier alpha value is -3.20. The van der Waals surface area contributed by atoms with Crippen LogP contribution in [0.25, 0.3) is 10.3 Å². The van der Waals surface area contributed by atoms with Crippen LogP contribution in [0.4, 0.5) is 19.9 Å². The van der Waals surface area contributed by atoms with Crippen molar-refractivity contribution in [2.24, 2.45) is 0 Å². The minimum atomic E-state index is -1.38. The van der Waals surface area contributed by atoms with E-state index in [0.29, 0.717) is 15.4 Å². The molecule has 3 aromatic rings. The van der Waals surface area contributed by atoms with Gasteiger partial charge >= 0.3 is 17.6 Å². The second-order valence-corrected chi connectivity index (χ2v) is 6.51. The molecule has 0 unspecified atom stereocenters. The van der Waals surface area contributed by atoms with Crippen LogP contribution in [-0.4, -0.2) is 31.2 Å². The molecule has 134 valence electrons. The fraction of sp³-hybridized carbons (Fsp3) is 0.118. The van der Waals surface area contributed by atoms with Crippen molar-refractivity contribution < 1.29 is 23.5 Å². The van der Waals surface area contributed by atoms with E-state index in [1.54, 1.807) is 6.07 Å². The minimum absolute atomic E-state index is 0.188. The largest absolute Gasteiger partial charge is 0.477 e. The van der Waals surface area contributed by atoms with Gasteiger partial charge in [-0.1, -0.05) is 6.07 Å². The van der Waals surface area contributed by atoms with Gasteiger partial charge in [-0.15, -0.1) is 11.3 Å². The van der Waals surface area contributed by atoms with E-state index in [-0.39, 0.29) is 5.58 Å². The Morgan fingerprint density at radius 1 is 1.15 bits per heavy atom. The first-order valence-corrected chi connectivity index (χ1v) is 8.17. The first-order valence-electron chi connectivity index (χ1n) is 7.36. The van der Waals surface area contributed by atoms with Gasteiger partial charge in [0.25, 0.3) is 0 Å². The molecule has 2 amide bonds. The predicted octanol–water partition coefficient (Wildman–Crippen LogP) is 3.38. The molecule has 0 bridgehead atoms. The summed E-state index contributed by atoms with van der Waals surface area (Å²) in [4.78, 5) is 37.9. The highest BCUT2D eigenvalue weighted by atomic mass is 32.1. The lowest BCUT2D eigenvalue weighted by atomic mass is 10.3. The van der Waals surface area contributed by atoms with Crippen molar-refractivity contribution in [1.82, 2.24) is 0 Å². The third kappa shape index (κ3) is 3.16. The molecule has 26 heavy (non-hydrogen) atoms. The average Bonchev–Trinajstić information content (AvgIpc) is 3.01. The maximum absolute atomic E-state index is 13.4. The molecule has 3 rings (SSSR count). The fourth-order valence-electron chi connectivity index (χ4n) is 2.33. The molecular weight excluding hydrogens is 363 g/mol. The maximum Gasteiger partial charge on any atom is 0.351 e. The molecule has 0 spiro atoms. The van der Waals surface area contributed by atoms with Gasteiger partial charge in [-0.05, 0) is 24.3 Å². The van der Waals surface area contributed by atoms with Gasteiger partial charge in [-0.3, -0.25) is 9.80 Å². The molecular formula is C17H13FN2O5S. The van der Waals surface area contributed by atoms with Gasteiger partial charge in [-0.25, -0.2) is 18.8 Å². The van der Waals surface area contributed by atoms with Crippen LogP contribution in [0.2, 0.25) is 0 Å². The third-order valence-electron chi connectivity index (χ3n) is 3.74. The zero-order valence-electron chi connectivity index (χ0n) is 13.7. The van der Waals surface area contributed by atoms with Gasteiger partial charge in [0, 0.05) is 25.8 Å². The molecule has 0 saturated heterocycles. The number of benzene rings is 1. The first kappa shape index (κ1) is 17.6. The van der Waals surface area contributed by atoms with Crippen molar-refractivity contribution in [3.05, 3.63) is 58.2 Å². The summed E-state index contributed by atoms with van der Waals surface area (Å²) in [6.07, 6.45) is 0. The minimum Gasteiger partial charge on any atom is -0.477 e. The van der Waals surface area contributed by atoms with Gasteiger partial charge in [0.05, 0.1) is 4.70 Å². The Labute approximate surface area is 150 Å². The zero-order valence-corrected chi connectivity index (χ0v) is 14.5. The first-order chi connectivity index (χ1) is 12.3. The van der Waals surface area contributed by atoms with Crippen molar-refractivity contribution >= 4 is 44.3 Å². The van der Waals surface area contributed by atoms with E-state index < -0.39 is 29.0 Å². The number of thiophene rings is 1. The van der Waals surface area contributed by atoms with Crippen LogP contribution in [0.5, 0.6) is 0 Å². The van der Waals surface area contributed by atoms with E-state index in [1.165, 1.54) is 54.2 Å². The van der Waals surface area contributed by atoms with Crippen LogP contribution in [-0.2, 0) is 0 Å². The standard InChI is InChI=1S/C17H13FN2O5S/c1-19(10-5-3-4-9(18)6-10)17(24)20(2)14-8-12-13(26-14)7-11(15(21)22)16(23)25-12/h3-8H,1-2H3,(H,21,22). The predicted molar refractivity (Wildman–Crippen MR) is 95.9 cm³/mol. The van der Waals surface area contributed by atoms with Crippen LogP contribution in [0.3, 0.4) is 0 Å².